The summed E-state index contributed by atoms with van der Waals surface area (Å²) in [7, 11) is 0. The zero-order valence-corrected chi connectivity index (χ0v) is 9.09. The van der Waals surface area contributed by atoms with E-state index in [1.54, 1.807) is 18.3 Å². The maximum atomic E-state index is 8.37. The largest absolute Gasteiger partial charge is 0.479 e. The Balaban J connectivity index is 1.88. The average molecular weight is 229 g/mol. The number of hydrogen-bond acceptors (Lipinski definition) is 5. The molecule has 0 saturated carbocycles. The van der Waals surface area contributed by atoms with Crippen LogP contribution in [0.3, 0.4) is 0 Å². The van der Waals surface area contributed by atoms with Gasteiger partial charge in [0.05, 0.1) is 12.7 Å². The molecule has 2 aromatic rings. The van der Waals surface area contributed by atoms with E-state index in [-0.39, 0.29) is 6.61 Å². The maximum Gasteiger partial charge on any atom is 0.180 e. The van der Waals surface area contributed by atoms with Gasteiger partial charge in [0, 0.05) is 5.69 Å². The van der Waals surface area contributed by atoms with Crippen molar-refractivity contribution in [2.24, 2.45) is 0 Å². The third-order valence-electron chi connectivity index (χ3n) is 2.11. The fraction of sp³-hybridized carbons (Fsp3) is 0.167. The van der Waals surface area contributed by atoms with Crippen LogP contribution in [0.2, 0.25) is 0 Å². The summed E-state index contributed by atoms with van der Waals surface area (Å²) in [4.78, 5) is 3.83. The highest BCUT2D eigenvalue weighted by molar-refractivity contribution is 5.46. The lowest BCUT2D eigenvalue weighted by Crippen LogP contribution is -1.98. The molecule has 86 valence electrons. The molecule has 0 amide bonds. The Hall–Kier alpha value is -2.48. The first-order valence-electron chi connectivity index (χ1n) is 5.09. The number of nitriles is 1. The van der Waals surface area contributed by atoms with Gasteiger partial charge in [-0.3, -0.25) is 0 Å². The van der Waals surface area contributed by atoms with E-state index >= 15 is 0 Å². The molecule has 0 radical (unpaired) electrons. The summed E-state index contributed by atoms with van der Waals surface area (Å²) in [5.41, 5.74) is 0.950. The van der Waals surface area contributed by atoms with Crippen LogP contribution in [-0.4, -0.2) is 11.6 Å². The number of rotatable bonds is 5. The molecule has 1 N–H and O–H groups in total. The molecular formula is C12H11N3O2. The molecule has 0 fully saturated rings. The molecule has 0 spiro atoms. The summed E-state index contributed by atoms with van der Waals surface area (Å²) < 4.78 is 10.2. The lowest BCUT2D eigenvalue weighted by atomic mass is 10.3. The molecule has 2 rings (SSSR count). The number of benzene rings is 1. The van der Waals surface area contributed by atoms with Crippen molar-refractivity contribution in [3.8, 4) is 11.8 Å². The fourth-order valence-corrected chi connectivity index (χ4v) is 1.30. The van der Waals surface area contributed by atoms with E-state index in [9.17, 15) is 0 Å². The molecule has 5 heteroatoms. The first-order chi connectivity index (χ1) is 8.38. The Kier molecular flexibility index (Phi) is 3.61. The quantitative estimate of drug-likeness (QED) is 0.850. The van der Waals surface area contributed by atoms with Gasteiger partial charge in [-0.25, -0.2) is 4.98 Å². The van der Waals surface area contributed by atoms with Crippen LogP contribution in [-0.2, 0) is 6.54 Å². The number of hydrogen-bond donors (Lipinski definition) is 1. The topological polar surface area (TPSA) is 71.1 Å². The van der Waals surface area contributed by atoms with Gasteiger partial charge in [0.25, 0.3) is 0 Å². The van der Waals surface area contributed by atoms with Crippen molar-refractivity contribution in [2.45, 2.75) is 6.54 Å². The average Bonchev–Trinajstić information content (AvgIpc) is 2.88. The SMILES string of the molecule is N#CCOc1ccc(NCc2cnco2)cc1. The van der Waals surface area contributed by atoms with Gasteiger partial charge in [-0.15, -0.1) is 0 Å². The lowest BCUT2D eigenvalue weighted by Gasteiger charge is -2.05. The second-order valence-corrected chi connectivity index (χ2v) is 3.29. The van der Waals surface area contributed by atoms with Crippen LogP contribution in [0.4, 0.5) is 5.69 Å². The van der Waals surface area contributed by atoms with Crippen molar-refractivity contribution >= 4 is 5.69 Å². The molecule has 0 saturated heterocycles. The van der Waals surface area contributed by atoms with Gasteiger partial charge in [-0.2, -0.15) is 5.26 Å². The van der Waals surface area contributed by atoms with Crippen LogP contribution in [0, 0.1) is 11.3 Å². The van der Waals surface area contributed by atoms with Crippen molar-refractivity contribution in [3.63, 3.8) is 0 Å². The van der Waals surface area contributed by atoms with Gasteiger partial charge in [-0.1, -0.05) is 0 Å². The van der Waals surface area contributed by atoms with Crippen LogP contribution in [0.5, 0.6) is 5.75 Å². The lowest BCUT2D eigenvalue weighted by molar-refractivity contribution is 0.368. The fourth-order valence-electron chi connectivity index (χ4n) is 1.30. The van der Waals surface area contributed by atoms with Crippen molar-refractivity contribution in [1.29, 1.82) is 5.26 Å². The monoisotopic (exact) mass is 229 g/mol. The number of ether oxygens (including phenoxy) is 1. The van der Waals surface area contributed by atoms with Crippen LogP contribution in [0.1, 0.15) is 5.76 Å². The second kappa shape index (κ2) is 5.56. The zero-order valence-electron chi connectivity index (χ0n) is 9.09. The third kappa shape index (κ3) is 3.24. The number of nitrogens with zero attached hydrogens (tertiary/aromatic N) is 2. The summed E-state index contributed by atoms with van der Waals surface area (Å²) >= 11 is 0. The van der Waals surface area contributed by atoms with Crippen LogP contribution in [0.25, 0.3) is 0 Å². The highest BCUT2D eigenvalue weighted by atomic mass is 16.5. The minimum absolute atomic E-state index is 0.0604. The Bertz CT molecular complexity index is 485. The molecule has 1 aromatic carbocycles. The summed E-state index contributed by atoms with van der Waals surface area (Å²) in [5, 5.41) is 11.5. The normalized spacial score (nSPS) is 9.59. The third-order valence-corrected chi connectivity index (χ3v) is 2.11. The number of nitrogens with one attached hydrogen (secondary N) is 1. The number of aromatic nitrogens is 1. The van der Waals surface area contributed by atoms with Crippen molar-refractivity contribution in [1.82, 2.24) is 4.98 Å². The van der Waals surface area contributed by atoms with Crippen molar-refractivity contribution < 1.29 is 9.15 Å². The van der Waals surface area contributed by atoms with Gasteiger partial charge in [0.2, 0.25) is 0 Å². The van der Waals surface area contributed by atoms with E-state index in [0.29, 0.717) is 12.3 Å². The molecular weight excluding hydrogens is 218 g/mol. The predicted molar refractivity (Wildman–Crippen MR) is 61.4 cm³/mol. The molecule has 1 heterocycles. The van der Waals surface area contributed by atoms with Gasteiger partial charge < -0.3 is 14.5 Å². The Morgan fingerprint density at radius 2 is 2.18 bits per heavy atom. The highest BCUT2D eigenvalue weighted by Gasteiger charge is 1.97. The summed E-state index contributed by atoms with van der Waals surface area (Å²) in [6, 6.07) is 9.28. The van der Waals surface area contributed by atoms with E-state index in [1.165, 1.54) is 6.39 Å². The van der Waals surface area contributed by atoms with Gasteiger partial charge in [-0.05, 0) is 24.3 Å². The minimum Gasteiger partial charge on any atom is -0.479 e. The zero-order chi connectivity index (χ0) is 11.9. The molecule has 0 aliphatic heterocycles. The van der Waals surface area contributed by atoms with Crippen LogP contribution >= 0.6 is 0 Å². The molecule has 0 atom stereocenters. The molecule has 1 aromatic heterocycles. The standard InChI is InChI=1S/C12H11N3O2/c13-5-6-16-11-3-1-10(2-4-11)15-8-12-7-14-9-17-12/h1-4,7,9,15H,6,8H2. The van der Waals surface area contributed by atoms with Gasteiger partial charge >= 0.3 is 0 Å². The minimum atomic E-state index is 0.0604. The number of oxazole rings is 1. The summed E-state index contributed by atoms with van der Waals surface area (Å²) in [6.07, 6.45) is 3.06. The second-order valence-electron chi connectivity index (χ2n) is 3.29. The van der Waals surface area contributed by atoms with Crippen LogP contribution < -0.4 is 10.1 Å². The first-order valence-corrected chi connectivity index (χ1v) is 5.09. The van der Waals surface area contributed by atoms with E-state index < -0.39 is 0 Å². The van der Waals surface area contributed by atoms with Gasteiger partial charge in [0.15, 0.2) is 13.0 Å². The Morgan fingerprint density at radius 1 is 1.35 bits per heavy atom. The maximum absolute atomic E-state index is 8.37. The highest BCUT2D eigenvalue weighted by Crippen LogP contribution is 2.16. The van der Waals surface area contributed by atoms with Crippen molar-refractivity contribution in [2.75, 3.05) is 11.9 Å². The summed E-state index contributed by atoms with van der Waals surface area (Å²) in [6.45, 7) is 0.642. The van der Waals surface area contributed by atoms with Gasteiger partial charge in [0.1, 0.15) is 17.6 Å². The first kappa shape index (κ1) is 11.0. The van der Waals surface area contributed by atoms with Crippen molar-refractivity contribution in [3.05, 3.63) is 42.6 Å². The van der Waals surface area contributed by atoms with E-state index in [0.717, 1.165) is 11.4 Å². The Labute approximate surface area is 98.7 Å². The molecule has 0 aliphatic carbocycles. The van der Waals surface area contributed by atoms with E-state index in [2.05, 4.69) is 10.3 Å². The predicted octanol–water partition coefficient (Wildman–Crippen LogP) is 2.19. The number of anilines is 1. The summed E-state index contributed by atoms with van der Waals surface area (Å²) in [5.74, 6) is 1.45. The molecule has 17 heavy (non-hydrogen) atoms. The molecule has 5 nitrogen and oxygen atoms in total. The molecule has 0 unspecified atom stereocenters. The van der Waals surface area contributed by atoms with E-state index in [4.69, 9.17) is 14.4 Å². The smallest absolute Gasteiger partial charge is 0.180 e. The molecule has 0 aliphatic rings. The molecule has 0 bridgehead atoms. The van der Waals surface area contributed by atoms with E-state index in [1.807, 2.05) is 18.2 Å². The Morgan fingerprint density at radius 3 is 2.82 bits per heavy atom. The van der Waals surface area contributed by atoms with Crippen LogP contribution in [0.15, 0.2) is 41.3 Å².